The molecule has 2 amide bonds. The number of hydrogen-bond acceptors (Lipinski definition) is 4. The molecule has 0 unspecified atom stereocenters. The van der Waals surface area contributed by atoms with E-state index in [1.165, 1.54) is 31.5 Å². The van der Waals surface area contributed by atoms with Gasteiger partial charge in [-0.05, 0) is 87.3 Å². The van der Waals surface area contributed by atoms with Crippen LogP contribution >= 0.6 is 0 Å². The van der Waals surface area contributed by atoms with E-state index >= 15 is 0 Å². The molecule has 0 saturated carbocycles. The molecule has 0 atom stereocenters. The molecular formula is C31H33N3O3. The number of likely N-dealkylation sites (tertiary alicyclic amines) is 1. The summed E-state index contributed by atoms with van der Waals surface area (Å²) in [5, 5.41) is 3.01. The molecule has 190 valence electrons. The van der Waals surface area contributed by atoms with E-state index in [9.17, 15) is 9.59 Å². The standard InChI is InChI=1S/C31H33N3O3/c1-23-9-11-25(12-10-23)22-34-27-7-2-3-8-28(27)37-29(31(34)36)21-24-13-15-26(16-14-24)30(35)32-17-6-20-33-18-4-5-19-33/h2-3,7-16,21H,4-6,17-20,22H2,1H3,(H,32,35). The number of aryl methyl sites for hydroxylation is 1. The largest absolute Gasteiger partial charge is 0.449 e. The maximum absolute atomic E-state index is 13.4. The third kappa shape index (κ3) is 6.09. The summed E-state index contributed by atoms with van der Waals surface area (Å²) in [6.45, 7) is 6.54. The molecule has 2 aliphatic rings. The Morgan fingerprint density at radius 3 is 2.46 bits per heavy atom. The number of fused-ring (bicyclic) bond motifs is 1. The monoisotopic (exact) mass is 495 g/mol. The van der Waals surface area contributed by atoms with Crippen LogP contribution in [0.3, 0.4) is 0 Å². The van der Waals surface area contributed by atoms with E-state index in [-0.39, 0.29) is 17.6 Å². The SMILES string of the molecule is Cc1ccc(CN2C(=O)C(=Cc3ccc(C(=O)NCCCN4CCCC4)cc3)Oc3ccccc32)cc1. The smallest absolute Gasteiger partial charge is 0.294 e. The number of amides is 2. The second-order valence-corrected chi connectivity index (χ2v) is 9.74. The molecule has 5 rings (SSSR count). The van der Waals surface area contributed by atoms with Gasteiger partial charge >= 0.3 is 0 Å². The van der Waals surface area contributed by atoms with Crippen molar-refractivity contribution in [2.24, 2.45) is 0 Å². The number of para-hydroxylation sites is 2. The first-order valence-electron chi connectivity index (χ1n) is 13.0. The van der Waals surface area contributed by atoms with Crippen LogP contribution in [0, 0.1) is 6.92 Å². The van der Waals surface area contributed by atoms with Crippen molar-refractivity contribution < 1.29 is 14.3 Å². The van der Waals surface area contributed by atoms with Gasteiger partial charge in [-0.15, -0.1) is 0 Å². The van der Waals surface area contributed by atoms with Crippen LogP contribution in [-0.4, -0.2) is 42.9 Å². The lowest BCUT2D eigenvalue weighted by atomic mass is 10.1. The fourth-order valence-corrected chi connectivity index (χ4v) is 4.79. The number of ether oxygens (including phenoxy) is 1. The molecule has 2 heterocycles. The van der Waals surface area contributed by atoms with E-state index < -0.39 is 0 Å². The maximum atomic E-state index is 13.4. The second-order valence-electron chi connectivity index (χ2n) is 9.74. The molecule has 37 heavy (non-hydrogen) atoms. The summed E-state index contributed by atoms with van der Waals surface area (Å²) in [6, 6.07) is 23.0. The molecule has 6 heteroatoms. The average Bonchev–Trinajstić information content (AvgIpc) is 3.44. The first-order valence-corrected chi connectivity index (χ1v) is 13.0. The Bertz CT molecular complexity index is 1280. The zero-order valence-corrected chi connectivity index (χ0v) is 21.3. The summed E-state index contributed by atoms with van der Waals surface area (Å²) in [5.41, 5.74) is 4.37. The molecule has 0 bridgehead atoms. The summed E-state index contributed by atoms with van der Waals surface area (Å²) < 4.78 is 6.01. The topological polar surface area (TPSA) is 61.9 Å². The van der Waals surface area contributed by atoms with Crippen molar-refractivity contribution in [1.29, 1.82) is 0 Å². The van der Waals surface area contributed by atoms with Gasteiger partial charge in [-0.3, -0.25) is 14.5 Å². The summed E-state index contributed by atoms with van der Waals surface area (Å²) in [4.78, 5) is 30.2. The van der Waals surface area contributed by atoms with Gasteiger partial charge in [0.2, 0.25) is 0 Å². The number of anilines is 1. The van der Waals surface area contributed by atoms with Gasteiger partial charge in [0.1, 0.15) is 0 Å². The zero-order chi connectivity index (χ0) is 25.6. The predicted molar refractivity (Wildman–Crippen MR) is 146 cm³/mol. The fourth-order valence-electron chi connectivity index (χ4n) is 4.79. The summed E-state index contributed by atoms with van der Waals surface area (Å²) in [7, 11) is 0. The Morgan fingerprint density at radius 2 is 1.70 bits per heavy atom. The van der Waals surface area contributed by atoms with Crippen LogP contribution in [0.4, 0.5) is 5.69 Å². The summed E-state index contributed by atoms with van der Waals surface area (Å²) in [5.74, 6) is 0.623. The van der Waals surface area contributed by atoms with Gasteiger partial charge in [0.15, 0.2) is 11.5 Å². The molecule has 1 N–H and O–H groups in total. The van der Waals surface area contributed by atoms with Gasteiger partial charge < -0.3 is 15.0 Å². The number of carbonyl (C=O) groups excluding carboxylic acids is 2. The van der Waals surface area contributed by atoms with Crippen molar-refractivity contribution >= 4 is 23.6 Å². The Hall–Kier alpha value is -3.90. The van der Waals surface area contributed by atoms with Gasteiger partial charge in [0.25, 0.3) is 11.8 Å². The van der Waals surface area contributed by atoms with Gasteiger partial charge in [-0.25, -0.2) is 0 Å². The van der Waals surface area contributed by atoms with E-state index in [0.29, 0.717) is 24.4 Å². The zero-order valence-electron chi connectivity index (χ0n) is 21.3. The molecule has 3 aromatic carbocycles. The van der Waals surface area contributed by atoms with E-state index in [4.69, 9.17) is 4.74 Å². The van der Waals surface area contributed by atoms with Crippen LogP contribution < -0.4 is 15.0 Å². The average molecular weight is 496 g/mol. The van der Waals surface area contributed by atoms with Crippen molar-refractivity contribution in [2.75, 3.05) is 31.1 Å². The Balaban J connectivity index is 1.26. The molecule has 0 spiro atoms. The minimum atomic E-state index is -0.195. The molecule has 0 aromatic heterocycles. The molecule has 2 aliphatic heterocycles. The highest BCUT2D eigenvalue weighted by Crippen LogP contribution is 2.36. The van der Waals surface area contributed by atoms with Crippen molar-refractivity contribution in [3.8, 4) is 5.75 Å². The van der Waals surface area contributed by atoms with Crippen LogP contribution in [-0.2, 0) is 11.3 Å². The highest BCUT2D eigenvalue weighted by molar-refractivity contribution is 6.09. The molecule has 0 radical (unpaired) electrons. The first-order chi connectivity index (χ1) is 18.1. The van der Waals surface area contributed by atoms with E-state index in [1.807, 2.05) is 67.6 Å². The third-order valence-corrected chi connectivity index (χ3v) is 6.90. The molecular weight excluding hydrogens is 462 g/mol. The Kier molecular flexibility index (Phi) is 7.66. The van der Waals surface area contributed by atoms with Gasteiger partial charge in [0, 0.05) is 12.1 Å². The van der Waals surface area contributed by atoms with E-state index in [1.54, 1.807) is 23.1 Å². The molecule has 1 fully saturated rings. The molecule has 3 aromatic rings. The molecule has 1 saturated heterocycles. The summed E-state index contributed by atoms with van der Waals surface area (Å²) in [6.07, 6.45) is 5.25. The highest BCUT2D eigenvalue weighted by atomic mass is 16.5. The van der Waals surface area contributed by atoms with Gasteiger partial charge in [-0.1, -0.05) is 54.1 Å². The maximum Gasteiger partial charge on any atom is 0.294 e. The number of hydrogen-bond donors (Lipinski definition) is 1. The van der Waals surface area contributed by atoms with Gasteiger partial charge in [-0.2, -0.15) is 0 Å². The normalized spacial score (nSPS) is 16.5. The van der Waals surface area contributed by atoms with Crippen molar-refractivity contribution in [2.45, 2.75) is 32.7 Å². The minimum absolute atomic E-state index is 0.0798. The Labute approximate surface area is 218 Å². The van der Waals surface area contributed by atoms with E-state index in [0.717, 1.165) is 29.8 Å². The van der Waals surface area contributed by atoms with Gasteiger partial charge in [0.05, 0.1) is 12.2 Å². The van der Waals surface area contributed by atoms with E-state index in [2.05, 4.69) is 10.2 Å². The lowest BCUT2D eigenvalue weighted by Gasteiger charge is -2.30. The fraction of sp³-hybridized carbons (Fsp3) is 0.290. The van der Waals surface area contributed by atoms with Crippen LogP contribution in [0.1, 0.15) is 46.3 Å². The van der Waals surface area contributed by atoms with Crippen molar-refractivity contribution in [3.63, 3.8) is 0 Å². The highest BCUT2D eigenvalue weighted by Gasteiger charge is 2.30. The van der Waals surface area contributed by atoms with Crippen LogP contribution in [0.15, 0.2) is 78.6 Å². The molecule has 0 aliphatic carbocycles. The quantitative estimate of drug-likeness (QED) is 0.346. The Morgan fingerprint density at radius 1 is 0.973 bits per heavy atom. The number of rotatable bonds is 8. The molecule has 6 nitrogen and oxygen atoms in total. The first kappa shape index (κ1) is 24.8. The lowest BCUT2D eigenvalue weighted by molar-refractivity contribution is -0.117. The number of carbonyl (C=O) groups is 2. The van der Waals surface area contributed by atoms with Crippen molar-refractivity contribution in [1.82, 2.24) is 10.2 Å². The van der Waals surface area contributed by atoms with Crippen molar-refractivity contribution in [3.05, 3.63) is 101 Å². The van der Waals surface area contributed by atoms with Crippen LogP contribution in [0.2, 0.25) is 0 Å². The number of benzene rings is 3. The number of nitrogens with zero attached hydrogens (tertiary/aromatic N) is 2. The summed E-state index contributed by atoms with van der Waals surface area (Å²) >= 11 is 0. The number of nitrogens with one attached hydrogen (secondary N) is 1. The minimum Gasteiger partial charge on any atom is -0.449 e. The van der Waals surface area contributed by atoms with Crippen LogP contribution in [0.25, 0.3) is 6.08 Å². The second kappa shape index (κ2) is 11.4. The van der Waals surface area contributed by atoms with Crippen LogP contribution in [0.5, 0.6) is 5.75 Å². The lowest BCUT2D eigenvalue weighted by Crippen LogP contribution is -2.36. The predicted octanol–water partition coefficient (Wildman–Crippen LogP) is 5.18. The third-order valence-electron chi connectivity index (χ3n) is 6.90.